The van der Waals surface area contributed by atoms with Gasteiger partial charge in [0, 0.05) is 6.54 Å². The molecule has 0 radical (unpaired) electrons. The molecule has 0 saturated heterocycles. The van der Waals surface area contributed by atoms with Crippen molar-refractivity contribution in [2.45, 2.75) is 12.3 Å². The fourth-order valence-electron chi connectivity index (χ4n) is 1.62. The van der Waals surface area contributed by atoms with E-state index in [9.17, 15) is 9.59 Å². The molecule has 21 heavy (non-hydrogen) atoms. The Morgan fingerprint density at radius 3 is 2.62 bits per heavy atom. The van der Waals surface area contributed by atoms with Crippen molar-refractivity contribution in [3.8, 4) is 0 Å². The van der Waals surface area contributed by atoms with Crippen LogP contribution in [0.5, 0.6) is 0 Å². The lowest BCUT2D eigenvalue weighted by atomic mass is 10.2. The third kappa shape index (κ3) is 5.74. The maximum absolute atomic E-state index is 11.6. The van der Waals surface area contributed by atoms with Gasteiger partial charge in [0.05, 0.1) is 17.8 Å². The zero-order valence-electron chi connectivity index (χ0n) is 11.4. The van der Waals surface area contributed by atoms with E-state index in [1.54, 1.807) is 12.3 Å². The van der Waals surface area contributed by atoms with Gasteiger partial charge in [-0.1, -0.05) is 30.3 Å². The van der Waals surface area contributed by atoms with Crippen molar-refractivity contribution >= 4 is 23.7 Å². The van der Waals surface area contributed by atoms with Gasteiger partial charge >= 0.3 is 6.03 Å². The van der Waals surface area contributed by atoms with Gasteiger partial charge in [-0.05, 0) is 17.7 Å². The van der Waals surface area contributed by atoms with Crippen LogP contribution in [0.1, 0.15) is 11.3 Å². The lowest BCUT2D eigenvalue weighted by Crippen LogP contribution is -2.39. The summed E-state index contributed by atoms with van der Waals surface area (Å²) in [5.74, 6) is 1.30. The number of hydrogen-bond donors (Lipinski definition) is 2. The van der Waals surface area contributed by atoms with E-state index in [4.69, 9.17) is 4.42 Å². The first-order chi connectivity index (χ1) is 10.2. The smallest absolute Gasteiger partial charge is 0.321 e. The summed E-state index contributed by atoms with van der Waals surface area (Å²) in [5, 5.41) is 4.93. The predicted octanol–water partition coefficient (Wildman–Crippen LogP) is 2.54. The predicted molar refractivity (Wildman–Crippen MR) is 81.7 cm³/mol. The molecular formula is C15H16N2O3S. The summed E-state index contributed by atoms with van der Waals surface area (Å²) in [5.41, 5.74) is 0.979. The van der Waals surface area contributed by atoms with Gasteiger partial charge in [0.15, 0.2) is 0 Å². The molecule has 0 aliphatic heterocycles. The Hall–Kier alpha value is -2.21. The van der Waals surface area contributed by atoms with Crippen molar-refractivity contribution in [1.29, 1.82) is 0 Å². The van der Waals surface area contributed by atoms with Gasteiger partial charge in [-0.3, -0.25) is 10.1 Å². The SMILES string of the molecule is O=C(CSCc1ccco1)NC(=O)NCc1ccccc1. The number of hydrogen-bond acceptors (Lipinski definition) is 4. The number of urea groups is 1. The molecule has 0 bridgehead atoms. The minimum absolute atomic E-state index is 0.208. The second kappa shape index (κ2) is 8.16. The van der Waals surface area contributed by atoms with Crippen LogP contribution in [-0.4, -0.2) is 17.7 Å². The number of carbonyl (C=O) groups is 2. The maximum atomic E-state index is 11.6. The van der Waals surface area contributed by atoms with Crippen molar-refractivity contribution in [3.63, 3.8) is 0 Å². The molecule has 2 rings (SSSR count). The maximum Gasteiger partial charge on any atom is 0.321 e. The number of thioether (sulfide) groups is 1. The van der Waals surface area contributed by atoms with E-state index < -0.39 is 6.03 Å². The summed E-state index contributed by atoms with van der Waals surface area (Å²) in [6, 6.07) is 12.7. The third-order valence-electron chi connectivity index (χ3n) is 2.61. The number of amides is 3. The minimum Gasteiger partial charge on any atom is -0.468 e. The molecule has 1 aromatic heterocycles. The molecular weight excluding hydrogens is 288 g/mol. The van der Waals surface area contributed by atoms with Gasteiger partial charge < -0.3 is 9.73 Å². The molecule has 1 heterocycles. The highest BCUT2D eigenvalue weighted by Gasteiger charge is 2.07. The standard InChI is InChI=1S/C15H16N2O3S/c18-14(11-21-10-13-7-4-8-20-13)17-15(19)16-9-12-5-2-1-3-6-12/h1-8H,9-11H2,(H2,16,17,18,19). The van der Waals surface area contributed by atoms with Gasteiger partial charge in [0.1, 0.15) is 5.76 Å². The second-order valence-corrected chi connectivity index (χ2v) is 5.27. The van der Waals surface area contributed by atoms with E-state index in [1.807, 2.05) is 36.4 Å². The van der Waals surface area contributed by atoms with E-state index >= 15 is 0 Å². The van der Waals surface area contributed by atoms with Gasteiger partial charge in [0.25, 0.3) is 0 Å². The Balaban J connectivity index is 1.62. The van der Waals surface area contributed by atoms with Gasteiger partial charge in [-0.15, -0.1) is 11.8 Å². The van der Waals surface area contributed by atoms with Crippen LogP contribution in [0.4, 0.5) is 4.79 Å². The summed E-state index contributed by atoms with van der Waals surface area (Å²) in [6.07, 6.45) is 1.59. The molecule has 0 fully saturated rings. The van der Waals surface area contributed by atoms with Crippen LogP contribution in [0.15, 0.2) is 53.1 Å². The molecule has 2 N–H and O–H groups in total. The Bertz CT molecular complexity index is 570. The van der Waals surface area contributed by atoms with Crippen LogP contribution in [0, 0.1) is 0 Å². The Morgan fingerprint density at radius 1 is 1.10 bits per heavy atom. The molecule has 0 aliphatic rings. The molecule has 1 aromatic carbocycles. The Labute approximate surface area is 127 Å². The molecule has 110 valence electrons. The Morgan fingerprint density at radius 2 is 1.90 bits per heavy atom. The van der Waals surface area contributed by atoms with Crippen LogP contribution in [0.3, 0.4) is 0 Å². The zero-order chi connectivity index (χ0) is 14.9. The first-order valence-corrected chi connectivity index (χ1v) is 7.61. The number of nitrogens with one attached hydrogen (secondary N) is 2. The summed E-state index contributed by atoms with van der Waals surface area (Å²) in [6.45, 7) is 0.388. The fourth-order valence-corrected chi connectivity index (χ4v) is 2.35. The average molecular weight is 304 g/mol. The van der Waals surface area contributed by atoms with Crippen molar-refractivity contribution in [1.82, 2.24) is 10.6 Å². The van der Waals surface area contributed by atoms with Gasteiger partial charge in [0.2, 0.25) is 5.91 Å². The molecule has 3 amide bonds. The normalized spacial score (nSPS) is 10.1. The highest BCUT2D eigenvalue weighted by molar-refractivity contribution is 7.99. The highest BCUT2D eigenvalue weighted by atomic mass is 32.2. The van der Waals surface area contributed by atoms with E-state index in [2.05, 4.69) is 10.6 Å². The minimum atomic E-state index is -0.484. The largest absolute Gasteiger partial charge is 0.468 e. The quantitative estimate of drug-likeness (QED) is 0.860. The van der Waals surface area contributed by atoms with Crippen molar-refractivity contribution in [2.75, 3.05) is 5.75 Å². The summed E-state index contributed by atoms with van der Waals surface area (Å²) in [4.78, 5) is 23.1. The molecule has 0 spiro atoms. The first-order valence-electron chi connectivity index (χ1n) is 6.46. The molecule has 5 nitrogen and oxygen atoms in total. The zero-order valence-corrected chi connectivity index (χ0v) is 12.2. The van der Waals surface area contributed by atoms with Crippen molar-refractivity contribution in [2.24, 2.45) is 0 Å². The van der Waals surface area contributed by atoms with Crippen molar-refractivity contribution in [3.05, 3.63) is 60.1 Å². The van der Waals surface area contributed by atoms with Crippen LogP contribution < -0.4 is 10.6 Å². The van der Waals surface area contributed by atoms with E-state index in [-0.39, 0.29) is 11.7 Å². The molecule has 0 aliphatic carbocycles. The third-order valence-corrected chi connectivity index (χ3v) is 3.56. The molecule has 6 heteroatoms. The van der Waals surface area contributed by atoms with Crippen molar-refractivity contribution < 1.29 is 14.0 Å². The molecule has 0 unspecified atom stereocenters. The summed E-state index contributed by atoms with van der Waals surface area (Å²) in [7, 11) is 0. The van der Waals surface area contributed by atoms with E-state index in [1.165, 1.54) is 11.8 Å². The summed E-state index contributed by atoms with van der Waals surface area (Å²) >= 11 is 1.39. The average Bonchev–Trinajstić information content (AvgIpc) is 2.99. The van der Waals surface area contributed by atoms with E-state index in [0.29, 0.717) is 12.3 Å². The summed E-state index contributed by atoms with van der Waals surface area (Å²) < 4.78 is 5.15. The number of rotatable bonds is 6. The van der Waals surface area contributed by atoms with Crippen LogP contribution in [0.2, 0.25) is 0 Å². The van der Waals surface area contributed by atoms with Gasteiger partial charge in [-0.2, -0.15) is 0 Å². The van der Waals surface area contributed by atoms with E-state index in [0.717, 1.165) is 11.3 Å². The molecule has 2 aromatic rings. The van der Waals surface area contributed by atoms with Crippen LogP contribution in [0.25, 0.3) is 0 Å². The van der Waals surface area contributed by atoms with Crippen LogP contribution in [-0.2, 0) is 17.1 Å². The monoisotopic (exact) mass is 304 g/mol. The number of imide groups is 1. The fraction of sp³-hybridized carbons (Fsp3) is 0.200. The topological polar surface area (TPSA) is 71.3 Å². The Kier molecular flexibility index (Phi) is 5.90. The molecule has 0 saturated carbocycles. The second-order valence-electron chi connectivity index (χ2n) is 4.29. The number of benzene rings is 1. The number of furan rings is 1. The van der Waals surface area contributed by atoms with Gasteiger partial charge in [-0.25, -0.2) is 4.79 Å². The lowest BCUT2D eigenvalue weighted by molar-refractivity contribution is -0.117. The lowest BCUT2D eigenvalue weighted by Gasteiger charge is -2.06. The van der Waals surface area contributed by atoms with Crippen LogP contribution >= 0.6 is 11.8 Å². The first kappa shape index (κ1) is 15.2. The highest BCUT2D eigenvalue weighted by Crippen LogP contribution is 2.11. The number of carbonyl (C=O) groups excluding carboxylic acids is 2. The molecule has 0 atom stereocenters.